The molecule has 0 bridgehead atoms. The summed E-state index contributed by atoms with van der Waals surface area (Å²) in [5, 5.41) is 8.91. The lowest BCUT2D eigenvalue weighted by Crippen LogP contribution is -2.48. The maximum Gasteiger partial charge on any atom is 0.226 e. The molecule has 220 valence electrons. The third-order valence-corrected chi connectivity index (χ3v) is 8.26. The number of amides is 1. The van der Waals surface area contributed by atoms with Crippen LogP contribution < -0.4 is 20.3 Å². The van der Waals surface area contributed by atoms with Gasteiger partial charge in [0.25, 0.3) is 0 Å². The number of piperidine rings is 1. The van der Waals surface area contributed by atoms with Crippen molar-refractivity contribution in [2.24, 2.45) is 0 Å². The second kappa shape index (κ2) is 16.4. The number of rotatable bonds is 16. The fourth-order valence-electron chi connectivity index (χ4n) is 5.13. The number of carbonyl (C=O) groups is 1. The molecule has 8 heteroatoms. The SMILES string of the molecule is CCNCC[C@@H](Oc1ccccc1NCOCCN1CCC(N(C(=O)CC)c2ccccc2)CC1)c1cccs1.[HH].[HH]. The third-order valence-electron chi connectivity index (χ3n) is 7.29. The number of benzene rings is 2. The first kappa shape index (κ1) is 30.1. The minimum atomic E-state index is 0. The van der Waals surface area contributed by atoms with Gasteiger partial charge in [0.2, 0.25) is 5.91 Å². The molecular weight excluding hydrogens is 520 g/mol. The smallest absolute Gasteiger partial charge is 0.226 e. The highest BCUT2D eigenvalue weighted by atomic mass is 32.1. The molecule has 1 amide bonds. The Bertz CT molecular complexity index is 1130. The predicted octanol–water partition coefficient (Wildman–Crippen LogP) is 6.65. The lowest BCUT2D eigenvalue weighted by Gasteiger charge is -2.38. The summed E-state index contributed by atoms with van der Waals surface area (Å²) >= 11 is 1.73. The van der Waals surface area contributed by atoms with Crippen LogP contribution in [0.15, 0.2) is 72.1 Å². The molecule has 4 rings (SSSR count). The Kier molecular flexibility index (Phi) is 12.3. The van der Waals surface area contributed by atoms with E-state index in [0.717, 1.165) is 69.1 Å². The molecule has 0 spiro atoms. The molecule has 7 nitrogen and oxygen atoms in total. The molecular formula is C32H48N4O3S. The highest BCUT2D eigenvalue weighted by Crippen LogP contribution is 2.32. The Morgan fingerprint density at radius 1 is 1.07 bits per heavy atom. The number of anilines is 2. The van der Waals surface area contributed by atoms with E-state index in [1.54, 1.807) is 11.3 Å². The number of likely N-dealkylation sites (tertiary alicyclic amines) is 1. The summed E-state index contributed by atoms with van der Waals surface area (Å²) in [6.45, 7) is 9.81. The van der Waals surface area contributed by atoms with Gasteiger partial charge in [0.1, 0.15) is 18.6 Å². The van der Waals surface area contributed by atoms with Crippen LogP contribution in [0, 0.1) is 0 Å². The molecule has 2 aromatic carbocycles. The molecule has 1 aromatic heterocycles. The van der Waals surface area contributed by atoms with Crippen LogP contribution in [0.2, 0.25) is 0 Å². The van der Waals surface area contributed by atoms with Gasteiger partial charge in [-0.1, -0.05) is 50.2 Å². The Morgan fingerprint density at radius 3 is 2.58 bits per heavy atom. The Balaban J connectivity index is 0.00000308. The second-order valence-electron chi connectivity index (χ2n) is 10.0. The largest absolute Gasteiger partial charge is 0.483 e. The molecule has 1 atom stereocenters. The van der Waals surface area contributed by atoms with Crippen molar-refractivity contribution in [1.82, 2.24) is 10.2 Å². The highest BCUT2D eigenvalue weighted by Gasteiger charge is 2.28. The van der Waals surface area contributed by atoms with E-state index in [2.05, 4.69) is 40.0 Å². The van der Waals surface area contributed by atoms with Crippen LogP contribution in [-0.4, -0.2) is 62.9 Å². The van der Waals surface area contributed by atoms with Crippen molar-refractivity contribution in [2.45, 2.75) is 51.7 Å². The van der Waals surface area contributed by atoms with Crippen molar-refractivity contribution in [1.29, 1.82) is 0 Å². The zero-order chi connectivity index (χ0) is 28.0. The second-order valence-corrected chi connectivity index (χ2v) is 11.0. The number of hydrogen-bond acceptors (Lipinski definition) is 7. The van der Waals surface area contributed by atoms with Crippen LogP contribution in [0.5, 0.6) is 5.75 Å². The van der Waals surface area contributed by atoms with Gasteiger partial charge in [-0.05, 0) is 61.6 Å². The maximum absolute atomic E-state index is 12.7. The third kappa shape index (κ3) is 8.80. The molecule has 0 aliphatic carbocycles. The summed E-state index contributed by atoms with van der Waals surface area (Å²) in [6.07, 6.45) is 3.39. The lowest BCUT2D eigenvalue weighted by molar-refractivity contribution is -0.119. The van der Waals surface area contributed by atoms with Crippen LogP contribution in [0.4, 0.5) is 11.4 Å². The Labute approximate surface area is 246 Å². The zero-order valence-corrected chi connectivity index (χ0v) is 24.7. The summed E-state index contributed by atoms with van der Waals surface area (Å²) in [5.41, 5.74) is 1.95. The molecule has 1 aliphatic rings. The van der Waals surface area contributed by atoms with E-state index in [9.17, 15) is 4.79 Å². The number of para-hydroxylation sites is 3. The van der Waals surface area contributed by atoms with Crippen molar-refractivity contribution in [3.63, 3.8) is 0 Å². The van der Waals surface area contributed by atoms with E-state index >= 15 is 0 Å². The first-order chi connectivity index (χ1) is 19.7. The summed E-state index contributed by atoms with van der Waals surface area (Å²) in [7, 11) is 0. The molecule has 2 heterocycles. The number of nitrogens with zero attached hydrogens (tertiary/aromatic N) is 2. The van der Waals surface area contributed by atoms with Gasteiger partial charge in [0, 0.05) is 51.9 Å². The lowest BCUT2D eigenvalue weighted by atomic mass is 10.0. The molecule has 0 saturated carbocycles. The Morgan fingerprint density at radius 2 is 1.85 bits per heavy atom. The average molecular weight is 569 g/mol. The van der Waals surface area contributed by atoms with E-state index in [-0.39, 0.29) is 20.9 Å². The molecule has 1 saturated heterocycles. The van der Waals surface area contributed by atoms with Crippen molar-refractivity contribution >= 4 is 28.6 Å². The summed E-state index contributed by atoms with van der Waals surface area (Å²) in [6, 6.07) is 22.6. The molecule has 1 aliphatic heterocycles. The normalized spacial score (nSPS) is 15.1. The van der Waals surface area contributed by atoms with E-state index in [1.807, 2.05) is 66.4 Å². The Hall–Kier alpha value is -2.91. The van der Waals surface area contributed by atoms with Gasteiger partial charge in [0.05, 0.1) is 12.3 Å². The molecule has 0 radical (unpaired) electrons. The van der Waals surface area contributed by atoms with Crippen LogP contribution in [0.1, 0.15) is 53.4 Å². The highest BCUT2D eigenvalue weighted by molar-refractivity contribution is 7.10. The molecule has 3 aromatic rings. The van der Waals surface area contributed by atoms with Crippen LogP contribution in [0.3, 0.4) is 0 Å². The monoisotopic (exact) mass is 568 g/mol. The quantitative estimate of drug-likeness (QED) is 0.149. The predicted molar refractivity (Wildman–Crippen MR) is 170 cm³/mol. The summed E-state index contributed by atoms with van der Waals surface area (Å²) in [4.78, 5) is 18.4. The van der Waals surface area contributed by atoms with Gasteiger partial charge in [-0.15, -0.1) is 11.3 Å². The first-order valence-electron chi connectivity index (χ1n) is 14.6. The fourth-order valence-corrected chi connectivity index (χ4v) is 5.91. The fraction of sp³-hybridized carbons (Fsp3) is 0.469. The van der Waals surface area contributed by atoms with Crippen molar-refractivity contribution < 1.29 is 17.1 Å². The first-order valence-corrected chi connectivity index (χ1v) is 15.5. The summed E-state index contributed by atoms with van der Waals surface area (Å²) < 4.78 is 12.5. The minimum Gasteiger partial charge on any atom is -0.483 e. The van der Waals surface area contributed by atoms with Gasteiger partial charge in [0.15, 0.2) is 0 Å². The minimum absolute atomic E-state index is 0. The standard InChI is InChI=1S/C32H44N4O3S.2H2/c1-3-32(37)36(26-11-6-5-7-12-26)27-17-20-35(21-18-27)22-23-38-25-34-28-13-8-9-14-29(28)39-30(16-19-33-4-2)31-15-10-24-40-31;;/h5-15,24,27,30,33-34H,3-4,16-23,25H2,1-2H3;2*1H/t30-;;/m1../s1. The molecule has 40 heavy (non-hydrogen) atoms. The van der Waals surface area contributed by atoms with E-state index in [0.29, 0.717) is 19.8 Å². The van der Waals surface area contributed by atoms with Crippen LogP contribution >= 0.6 is 11.3 Å². The van der Waals surface area contributed by atoms with Crippen molar-refractivity contribution in [3.8, 4) is 5.75 Å². The van der Waals surface area contributed by atoms with Crippen LogP contribution in [-0.2, 0) is 9.53 Å². The molecule has 1 fully saturated rings. The van der Waals surface area contributed by atoms with Crippen LogP contribution in [0.25, 0.3) is 0 Å². The molecule has 2 N–H and O–H groups in total. The van der Waals surface area contributed by atoms with Gasteiger partial charge in [-0.25, -0.2) is 0 Å². The maximum atomic E-state index is 12.7. The van der Waals surface area contributed by atoms with Gasteiger partial charge < -0.3 is 29.9 Å². The number of carbonyl (C=O) groups excluding carboxylic acids is 1. The number of nitrogens with one attached hydrogen (secondary N) is 2. The average Bonchev–Trinajstić information content (AvgIpc) is 3.54. The zero-order valence-electron chi connectivity index (χ0n) is 23.9. The topological polar surface area (TPSA) is 66.1 Å². The van der Waals surface area contributed by atoms with E-state index < -0.39 is 0 Å². The molecule has 0 unspecified atom stereocenters. The summed E-state index contributed by atoms with van der Waals surface area (Å²) in [5.74, 6) is 1.04. The van der Waals surface area contributed by atoms with Crippen molar-refractivity contribution in [2.75, 3.05) is 56.3 Å². The van der Waals surface area contributed by atoms with Gasteiger partial charge in [-0.2, -0.15) is 0 Å². The number of thiophene rings is 1. The van der Waals surface area contributed by atoms with E-state index in [4.69, 9.17) is 9.47 Å². The van der Waals surface area contributed by atoms with E-state index in [1.165, 1.54) is 4.88 Å². The van der Waals surface area contributed by atoms with Gasteiger partial charge in [-0.3, -0.25) is 4.79 Å². The van der Waals surface area contributed by atoms with Crippen molar-refractivity contribution in [3.05, 3.63) is 77.0 Å². The van der Waals surface area contributed by atoms with Gasteiger partial charge >= 0.3 is 0 Å². The number of hydrogen-bond donors (Lipinski definition) is 2. The number of ether oxygens (including phenoxy) is 2.